The summed E-state index contributed by atoms with van der Waals surface area (Å²) in [4.78, 5) is 70.2. The molecule has 0 bridgehead atoms. The maximum absolute atomic E-state index is 15.3. The Labute approximate surface area is 399 Å². The fourth-order valence-corrected chi connectivity index (χ4v) is 8.55. The zero-order valence-electron chi connectivity index (χ0n) is 37.1. The van der Waals surface area contributed by atoms with Crippen molar-refractivity contribution in [2.45, 2.75) is 0 Å². The van der Waals surface area contributed by atoms with Gasteiger partial charge in [-0.05, 0) is 35.9 Å². The van der Waals surface area contributed by atoms with E-state index in [1.165, 1.54) is 4.57 Å². The summed E-state index contributed by atoms with van der Waals surface area (Å²) in [5.74, 6) is 2.57. The molecular formula is C58H36N10O2. The summed E-state index contributed by atoms with van der Waals surface area (Å²) in [6, 6.07) is 68.3. The van der Waals surface area contributed by atoms with E-state index in [4.69, 9.17) is 39.9 Å². The first-order chi connectivity index (χ1) is 34.5. The average Bonchev–Trinajstić information content (AvgIpc) is 3.44. The van der Waals surface area contributed by atoms with Crippen molar-refractivity contribution in [2.24, 2.45) is 0 Å². The number of benzene rings is 8. The van der Waals surface area contributed by atoms with E-state index in [2.05, 4.69) is 0 Å². The molecule has 0 aliphatic rings. The lowest BCUT2D eigenvalue weighted by Gasteiger charge is -2.17. The minimum absolute atomic E-state index is 0.123. The third-order valence-electron chi connectivity index (χ3n) is 11.9. The number of aromatic nitrogens is 10. The van der Waals surface area contributed by atoms with Crippen LogP contribution in [-0.2, 0) is 0 Å². The molecule has 4 aromatic heterocycles. The summed E-state index contributed by atoms with van der Waals surface area (Å²) in [6.07, 6.45) is 0. The van der Waals surface area contributed by atoms with Crippen molar-refractivity contribution in [3.05, 3.63) is 239 Å². The molecule has 8 aromatic carbocycles. The Morgan fingerprint density at radius 1 is 0.300 bits per heavy atom. The molecule has 0 aliphatic carbocycles. The first-order valence-electron chi connectivity index (χ1n) is 22.5. The van der Waals surface area contributed by atoms with Crippen LogP contribution in [0.5, 0.6) is 0 Å². The van der Waals surface area contributed by atoms with E-state index in [9.17, 15) is 4.79 Å². The summed E-state index contributed by atoms with van der Waals surface area (Å²) in [6.45, 7) is 0. The highest BCUT2D eigenvalue weighted by atomic mass is 16.1. The molecule has 0 aliphatic heterocycles. The second kappa shape index (κ2) is 17.7. The van der Waals surface area contributed by atoms with E-state index in [-0.39, 0.29) is 28.7 Å². The van der Waals surface area contributed by atoms with Crippen molar-refractivity contribution in [2.75, 3.05) is 0 Å². The molecule has 0 amide bonds. The van der Waals surface area contributed by atoms with Crippen molar-refractivity contribution >= 4 is 21.8 Å². The average molecular weight is 905 g/mol. The van der Waals surface area contributed by atoms with E-state index in [0.29, 0.717) is 73.3 Å². The number of fused-ring (bicyclic) bond motifs is 2. The van der Waals surface area contributed by atoms with Crippen LogP contribution in [0.2, 0.25) is 0 Å². The molecule has 12 nitrogen and oxygen atoms in total. The molecule has 0 fully saturated rings. The molecule has 0 unspecified atom stereocenters. The lowest BCUT2D eigenvalue weighted by atomic mass is 10.0. The summed E-state index contributed by atoms with van der Waals surface area (Å²) < 4.78 is 3.01. The van der Waals surface area contributed by atoms with E-state index in [1.807, 2.05) is 200 Å². The molecule has 0 saturated carbocycles. The highest BCUT2D eigenvalue weighted by Gasteiger charge is 2.24. The standard InChI is InChI=1S/C58H36N10O2/c69-56-45-32-16-17-35-47(45)59-55(53-63-49(37-20-6-1-7-21-37)61-50(64-53)38-22-8-2-9-23-38)67(56)43-31-18-30-42(36-43)44-33-19-34-46-48(44)60-54(41-28-14-5-15-29-41)68(57(46)70)58-65-51(39-24-10-3-11-25-39)62-52(66-58)40-26-12-4-13-27-40/h1-36H. The van der Waals surface area contributed by atoms with Gasteiger partial charge in [0.25, 0.3) is 11.1 Å². The molecular weight excluding hydrogens is 869 g/mol. The Balaban J connectivity index is 1.07. The molecule has 0 saturated heterocycles. The quantitative estimate of drug-likeness (QED) is 0.137. The van der Waals surface area contributed by atoms with Crippen molar-refractivity contribution in [1.82, 2.24) is 49.0 Å². The van der Waals surface area contributed by atoms with Crippen molar-refractivity contribution in [3.8, 4) is 91.4 Å². The molecule has 0 atom stereocenters. The fraction of sp³-hybridized carbons (Fsp3) is 0. The molecule has 12 rings (SSSR count). The van der Waals surface area contributed by atoms with Crippen LogP contribution in [0.15, 0.2) is 228 Å². The van der Waals surface area contributed by atoms with Crippen LogP contribution in [0.3, 0.4) is 0 Å². The second-order valence-corrected chi connectivity index (χ2v) is 16.3. The molecule has 0 N–H and O–H groups in total. The summed E-state index contributed by atoms with van der Waals surface area (Å²) in [5, 5.41) is 0.754. The Morgan fingerprint density at radius 2 is 0.729 bits per heavy atom. The van der Waals surface area contributed by atoms with Gasteiger partial charge < -0.3 is 0 Å². The van der Waals surface area contributed by atoms with Gasteiger partial charge in [0.2, 0.25) is 11.8 Å². The number of nitrogens with zero attached hydrogens (tertiary/aromatic N) is 10. The Morgan fingerprint density at radius 3 is 1.29 bits per heavy atom. The Kier molecular flexibility index (Phi) is 10.5. The van der Waals surface area contributed by atoms with Crippen LogP contribution in [0, 0.1) is 0 Å². The van der Waals surface area contributed by atoms with Gasteiger partial charge in [0.05, 0.1) is 27.5 Å². The monoisotopic (exact) mass is 904 g/mol. The number of hydrogen-bond donors (Lipinski definition) is 0. The summed E-state index contributed by atoms with van der Waals surface area (Å²) >= 11 is 0. The molecule has 4 heterocycles. The summed E-state index contributed by atoms with van der Waals surface area (Å²) in [7, 11) is 0. The zero-order chi connectivity index (χ0) is 47.0. The van der Waals surface area contributed by atoms with E-state index < -0.39 is 0 Å². The van der Waals surface area contributed by atoms with Crippen LogP contribution in [0.1, 0.15) is 0 Å². The maximum Gasteiger partial charge on any atom is 0.268 e. The second-order valence-electron chi connectivity index (χ2n) is 16.3. The molecule has 70 heavy (non-hydrogen) atoms. The number of hydrogen-bond acceptors (Lipinski definition) is 10. The Hall–Kier alpha value is -9.94. The van der Waals surface area contributed by atoms with Gasteiger partial charge in [-0.2, -0.15) is 9.97 Å². The van der Waals surface area contributed by atoms with Crippen molar-refractivity contribution in [1.29, 1.82) is 0 Å². The zero-order valence-corrected chi connectivity index (χ0v) is 37.1. The van der Waals surface area contributed by atoms with E-state index >= 15 is 4.79 Å². The van der Waals surface area contributed by atoms with Crippen molar-refractivity contribution in [3.63, 3.8) is 0 Å². The van der Waals surface area contributed by atoms with Crippen LogP contribution in [-0.4, -0.2) is 49.0 Å². The summed E-state index contributed by atoms with van der Waals surface area (Å²) in [5.41, 5.74) is 5.87. The lowest BCUT2D eigenvalue weighted by molar-refractivity contribution is 0.867. The molecule has 12 aromatic rings. The SMILES string of the molecule is O=c1c2ccccc2nc(-c2nc(-c3ccccc3)nc(-c3ccccc3)n2)n1-c1cccc(-c2cccc3c(=O)n(-c4nc(-c5ccccc5)nc(-c5ccccc5)n4)c(-c4ccccc4)nc23)c1. The van der Waals surface area contributed by atoms with Crippen LogP contribution < -0.4 is 11.1 Å². The molecule has 0 spiro atoms. The molecule has 0 radical (unpaired) electrons. The van der Waals surface area contributed by atoms with Crippen molar-refractivity contribution < 1.29 is 0 Å². The first kappa shape index (κ1) is 41.5. The van der Waals surface area contributed by atoms with E-state index in [1.54, 1.807) is 22.8 Å². The van der Waals surface area contributed by atoms with Gasteiger partial charge in [0.15, 0.2) is 34.9 Å². The minimum Gasteiger partial charge on any atom is -0.268 e. The predicted octanol–water partition coefficient (Wildman–Crippen LogP) is 11.1. The largest absolute Gasteiger partial charge is 0.268 e. The van der Waals surface area contributed by atoms with Crippen LogP contribution in [0.25, 0.3) is 113 Å². The molecule has 330 valence electrons. The normalized spacial score (nSPS) is 11.3. The topological polar surface area (TPSA) is 147 Å². The highest BCUT2D eigenvalue weighted by Crippen LogP contribution is 2.33. The van der Waals surface area contributed by atoms with Gasteiger partial charge in [0, 0.05) is 33.4 Å². The van der Waals surface area contributed by atoms with Gasteiger partial charge in [-0.3, -0.25) is 14.2 Å². The smallest absolute Gasteiger partial charge is 0.268 e. The van der Waals surface area contributed by atoms with Gasteiger partial charge in [0.1, 0.15) is 0 Å². The maximum atomic E-state index is 15.3. The third kappa shape index (κ3) is 7.66. The Bertz CT molecular complexity index is 3920. The minimum atomic E-state index is -0.374. The first-order valence-corrected chi connectivity index (χ1v) is 22.5. The lowest BCUT2D eigenvalue weighted by Crippen LogP contribution is -2.25. The van der Waals surface area contributed by atoms with Gasteiger partial charge in [-0.25, -0.2) is 34.5 Å². The number of rotatable bonds is 9. The molecule has 12 heteroatoms. The number of para-hydroxylation sites is 2. The third-order valence-corrected chi connectivity index (χ3v) is 11.9. The van der Waals surface area contributed by atoms with Gasteiger partial charge in [-0.1, -0.05) is 188 Å². The van der Waals surface area contributed by atoms with Gasteiger partial charge >= 0.3 is 0 Å². The van der Waals surface area contributed by atoms with Crippen LogP contribution >= 0.6 is 0 Å². The predicted molar refractivity (Wildman–Crippen MR) is 273 cm³/mol. The highest BCUT2D eigenvalue weighted by molar-refractivity contribution is 5.95. The fourth-order valence-electron chi connectivity index (χ4n) is 8.55. The van der Waals surface area contributed by atoms with Crippen LogP contribution in [0.4, 0.5) is 0 Å². The van der Waals surface area contributed by atoms with Gasteiger partial charge in [-0.15, -0.1) is 0 Å². The van der Waals surface area contributed by atoms with E-state index in [0.717, 1.165) is 22.3 Å².